The van der Waals surface area contributed by atoms with Crippen molar-refractivity contribution in [3.63, 3.8) is 0 Å². The van der Waals surface area contributed by atoms with Gasteiger partial charge in [-0.3, -0.25) is 0 Å². The van der Waals surface area contributed by atoms with E-state index in [4.69, 9.17) is 21.4 Å². The Morgan fingerprint density at radius 1 is 0.933 bits per heavy atom. The molecular formula is C22H17N5O2S. The van der Waals surface area contributed by atoms with Crippen LogP contribution in [-0.2, 0) is 0 Å². The number of aromatic amines is 1. The molecule has 0 amide bonds. The fraction of sp³-hybridized carbons (Fsp3) is 0.0455. The van der Waals surface area contributed by atoms with Crippen LogP contribution >= 0.6 is 12.2 Å². The van der Waals surface area contributed by atoms with Crippen molar-refractivity contribution in [3.05, 3.63) is 89.3 Å². The van der Waals surface area contributed by atoms with E-state index in [2.05, 4.69) is 25.4 Å². The Balaban J connectivity index is 1.64. The van der Waals surface area contributed by atoms with Gasteiger partial charge in [-0.2, -0.15) is 0 Å². The Bertz CT molecular complexity index is 1230. The quantitative estimate of drug-likeness (QED) is 0.180. The van der Waals surface area contributed by atoms with E-state index in [1.165, 1.54) is 0 Å². The lowest BCUT2D eigenvalue weighted by Crippen LogP contribution is -1.95. The summed E-state index contributed by atoms with van der Waals surface area (Å²) in [5.41, 5.74) is 3.08. The highest BCUT2D eigenvalue weighted by Crippen LogP contribution is 2.23. The molecule has 0 aliphatic carbocycles. The zero-order chi connectivity index (χ0) is 20.8. The molecule has 4 rings (SSSR count). The second-order valence-corrected chi connectivity index (χ2v) is 6.54. The van der Waals surface area contributed by atoms with Crippen molar-refractivity contribution >= 4 is 29.4 Å². The van der Waals surface area contributed by atoms with Gasteiger partial charge in [0.1, 0.15) is 5.75 Å². The minimum Gasteiger partial charge on any atom is -0.497 e. The lowest BCUT2D eigenvalue weighted by Gasteiger charge is -2.02. The Morgan fingerprint density at radius 3 is 2.27 bits per heavy atom. The second-order valence-electron chi connectivity index (χ2n) is 6.16. The van der Waals surface area contributed by atoms with Gasteiger partial charge in [0, 0.05) is 11.1 Å². The normalized spacial score (nSPS) is 11.7. The van der Waals surface area contributed by atoms with Gasteiger partial charge >= 0.3 is 0 Å². The Morgan fingerprint density at radius 2 is 1.63 bits per heavy atom. The first-order valence-corrected chi connectivity index (χ1v) is 9.48. The third-order valence-electron chi connectivity index (χ3n) is 4.15. The molecule has 0 aliphatic heterocycles. The van der Waals surface area contributed by atoms with Crippen molar-refractivity contribution in [1.82, 2.24) is 10.2 Å². The summed E-state index contributed by atoms with van der Waals surface area (Å²) in [4.78, 5) is 4.90. The number of azo groups is 1. The van der Waals surface area contributed by atoms with Gasteiger partial charge in [-0.25, -0.2) is 10.1 Å². The third-order valence-corrected chi connectivity index (χ3v) is 4.33. The van der Waals surface area contributed by atoms with Crippen LogP contribution in [0.4, 0.5) is 11.4 Å². The van der Waals surface area contributed by atoms with E-state index in [1.54, 1.807) is 7.11 Å². The molecule has 0 atom stereocenters. The lowest BCUT2D eigenvalue weighted by molar-refractivity contribution is 0.415. The predicted octanol–water partition coefficient (Wildman–Crippen LogP) is 6.27. The van der Waals surface area contributed by atoms with E-state index < -0.39 is 0 Å². The molecule has 3 aromatic carbocycles. The standard InChI is InChI=1S/C22H17N5O2S/c1-28-19-13-11-18(12-14-19)24-25-20(15-5-3-2-4-6-15)23-17-9-7-16(8-10-17)21-26-27-22(30)29-21/h2-14H,1H3,(H,27,30). The number of hydrogen-bond acceptors (Lipinski definition) is 6. The van der Waals surface area contributed by atoms with Gasteiger partial charge in [0.25, 0.3) is 4.84 Å². The highest BCUT2D eigenvalue weighted by Gasteiger charge is 2.06. The fourth-order valence-electron chi connectivity index (χ4n) is 2.64. The molecular weight excluding hydrogens is 398 g/mol. The number of methoxy groups -OCH3 is 1. The van der Waals surface area contributed by atoms with Crippen LogP contribution in [-0.4, -0.2) is 23.1 Å². The second kappa shape index (κ2) is 9.06. The third kappa shape index (κ3) is 4.73. The average molecular weight is 415 g/mol. The molecule has 30 heavy (non-hydrogen) atoms. The first-order valence-electron chi connectivity index (χ1n) is 9.07. The average Bonchev–Trinajstić information content (AvgIpc) is 3.24. The molecule has 8 heteroatoms. The summed E-state index contributed by atoms with van der Waals surface area (Å²) in [6.07, 6.45) is 0. The summed E-state index contributed by atoms with van der Waals surface area (Å²) in [5, 5.41) is 15.3. The number of rotatable bonds is 5. The van der Waals surface area contributed by atoms with Crippen molar-refractivity contribution in [2.75, 3.05) is 7.11 Å². The van der Waals surface area contributed by atoms with Crippen LogP contribution in [0.1, 0.15) is 5.56 Å². The predicted molar refractivity (Wildman–Crippen MR) is 117 cm³/mol. The van der Waals surface area contributed by atoms with Gasteiger partial charge < -0.3 is 9.15 Å². The van der Waals surface area contributed by atoms with Crippen LogP contribution in [0.5, 0.6) is 5.75 Å². The van der Waals surface area contributed by atoms with Crippen molar-refractivity contribution in [3.8, 4) is 17.2 Å². The molecule has 1 aromatic heterocycles. The van der Waals surface area contributed by atoms with Crippen LogP contribution in [0.25, 0.3) is 11.5 Å². The molecule has 1 heterocycles. The number of H-pyrrole nitrogens is 1. The number of ether oxygens (including phenoxy) is 1. The van der Waals surface area contributed by atoms with Gasteiger partial charge in [-0.1, -0.05) is 30.3 Å². The minimum absolute atomic E-state index is 0.234. The van der Waals surface area contributed by atoms with Crippen LogP contribution < -0.4 is 4.74 Å². The maximum absolute atomic E-state index is 5.33. The van der Waals surface area contributed by atoms with Crippen LogP contribution in [0.2, 0.25) is 0 Å². The van der Waals surface area contributed by atoms with Crippen molar-refractivity contribution in [2.45, 2.75) is 0 Å². The number of nitrogens with zero attached hydrogens (tertiary/aromatic N) is 4. The maximum Gasteiger partial charge on any atom is 0.284 e. The van der Waals surface area contributed by atoms with Crippen LogP contribution in [0.15, 0.2) is 98.5 Å². The molecule has 1 N–H and O–H groups in total. The van der Waals surface area contributed by atoms with Crippen molar-refractivity contribution in [2.24, 2.45) is 15.2 Å². The van der Waals surface area contributed by atoms with Gasteiger partial charge in [0.2, 0.25) is 5.89 Å². The Kier molecular flexibility index (Phi) is 5.86. The number of benzene rings is 3. The van der Waals surface area contributed by atoms with E-state index in [0.29, 0.717) is 17.4 Å². The molecule has 148 valence electrons. The van der Waals surface area contributed by atoms with E-state index in [9.17, 15) is 0 Å². The van der Waals surface area contributed by atoms with Crippen molar-refractivity contribution < 1.29 is 9.15 Å². The molecule has 0 aliphatic rings. The molecule has 0 unspecified atom stereocenters. The SMILES string of the molecule is COc1ccc(N=NC(=Nc2ccc(-c3n[nH]c(=S)o3)cc2)c2ccccc2)cc1. The molecule has 0 saturated heterocycles. The smallest absolute Gasteiger partial charge is 0.284 e. The summed E-state index contributed by atoms with van der Waals surface area (Å²) >= 11 is 4.92. The number of nitrogens with one attached hydrogen (secondary N) is 1. The van der Waals surface area contributed by atoms with Gasteiger partial charge in [0.05, 0.1) is 18.5 Å². The van der Waals surface area contributed by atoms with Gasteiger partial charge in [-0.15, -0.1) is 15.3 Å². The first-order chi connectivity index (χ1) is 14.7. The topological polar surface area (TPSA) is 88.1 Å². The molecule has 0 radical (unpaired) electrons. The largest absolute Gasteiger partial charge is 0.497 e. The summed E-state index contributed by atoms with van der Waals surface area (Å²) < 4.78 is 10.5. The number of amidine groups is 1. The van der Waals surface area contributed by atoms with Crippen molar-refractivity contribution in [1.29, 1.82) is 0 Å². The summed E-state index contributed by atoms with van der Waals surface area (Å²) in [5.74, 6) is 1.69. The van der Waals surface area contributed by atoms with E-state index in [1.807, 2.05) is 78.9 Å². The van der Waals surface area contributed by atoms with Gasteiger partial charge in [-0.05, 0) is 60.7 Å². The highest BCUT2D eigenvalue weighted by molar-refractivity contribution is 7.71. The number of aliphatic imine (C=N–C) groups is 1. The molecule has 7 nitrogen and oxygen atoms in total. The molecule has 0 bridgehead atoms. The molecule has 0 saturated carbocycles. The summed E-state index contributed by atoms with van der Waals surface area (Å²) in [6, 6.07) is 24.4. The van der Waals surface area contributed by atoms with Crippen LogP contribution in [0.3, 0.4) is 0 Å². The van der Waals surface area contributed by atoms with E-state index in [0.717, 1.165) is 22.6 Å². The number of aromatic nitrogens is 2. The maximum atomic E-state index is 5.33. The monoisotopic (exact) mass is 415 g/mol. The zero-order valence-electron chi connectivity index (χ0n) is 16.0. The first kappa shape index (κ1) is 19.4. The minimum atomic E-state index is 0.234. The molecule has 4 aromatic rings. The number of hydrogen-bond donors (Lipinski definition) is 1. The summed E-state index contributed by atoms with van der Waals surface area (Å²) in [6.45, 7) is 0. The Hall–Kier alpha value is -3.91. The zero-order valence-corrected chi connectivity index (χ0v) is 16.8. The summed E-state index contributed by atoms with van der Waals surface area (Å²) in [7, 11) is 1.62. The van der Waals surface area contributed by atoms with Gasteiger partial charge in [0.15, 0.2) is 5.84 Å². The lowest BCUT2D eigenvalue weighted by atomic mass is 10.2. The van der Waals surface area contributed by atoms with Crippen LogP contribution in [0, 0.1) is 4.84 Å². The molecule has 0 spiro atoms. The highest BCUT2D eigenvalue weighted by atomic mass is 32.1. The molecule has 0 fully saturated rings. The fourth-order valence-corrected chi connectivity index (χ4v) is 2.76. The van der Waals surface area contributed by atoms with E-state index >= 15 is 0 Å². The Labute approximate surface area is 177 Å². The van der Waals surface area contributed by atoms with E-state index in [-0.39, 0.29) is 4.84 Å².